The maximum Gasteiger partial charge on any atom is 0.262 e. The van der Waals surface area contributed by atoms with Crippen LogP contribution in [0.2, 0.25) is 0 Å². The summed E-state index contributed by atoms with van der Waals surface area (Å²) in [4.78, 5) is 4.21. The van der Waals surface area contributed by atoms with Gasteiger partial charge in [-0.1, -0.05) is 41.6 Å². The lowest BCUT2D eigenvalue weighted by atomic mass is 10.2. The van der Waals surface area contributed by atoms with Crippen LogP contribution in [0.4, 0.5) is 10.1 Å². The van der Waals surface area contributed by atoms with E-state index in [1.54, 1.807) is 48.5 Å². The van der Waals surface area contributed by atoms with Crippen LogP contribution in [0.5, 0.6) is 5.75 Å². The lowest BCUT2D eigenvalue weighted by Crippen LogP contribution is -2.15. The molecular weight excluding hydrogens is 421 g/mol. The molecule has 0 amide bonds. The van der Waals surface area contributed by atoms with E-state index in [0.717, 1.165) is 0 Å². The van der Waals surface area contributed by atoms with Gasteiger partial charge in [-0.2, -0.15) is 4.98 Å². The topological polar surface area (TPSA) is 94.3 Å². The van der Waals surface area contributed by atoms with Crippen molar-refractivity contribution in [2.45, 2.75) is 11.8 Å². The van der Waals surface area contributed by atoms with E-state index in [1.165, 1.54) is 24.3 Å². The summed E-state index contributed by atoms with van der Waals surface area (Å²) in [5.41, 5.74) is 0.947. The standard InChI is InChI=1S/C22H18FN3O4S/c1-2-29-19-12-5-4-11-18(19)26-31(27,28)20-13-6-3-10-17(20)22-24-21(25-30-22)15-8-7-9-16(23)14-15/h3-14,26H,2H2,1H3. The quantitative estimate of drug-likeness (QED) is 0.447. The summed E-state index contributed by atoms with van der Waals surface area (Å²) in [6.07, 6.45) is 0. The van der Waals surface area contributed by atoms with Gasteiger partial charge >= 0.3 is 0 Å². The van der Waals surface area contributed by atoms with E-state index in [2.05, 4.69) is 14.9 Å². The summed E-state index contributed by atoms with van der Waals surface area (Å²) >= 11 is 0. The number of rotatable bonds is 7. The lowest BCUT2D eigenvalue weighted by Gasteiger charge is -2.13. The Labute approximate surface area is 178 Å². The van der Waals surface area contributed by atoms with Crippen molar-refractivity contribution in [2.75, 3.05) is 11.3 Å². The average Bonchev–Trinajstić information content (AvgIpc) is 3.25. The zero-order valence-electron chi connectivity index (χ0n) is 16.4. The van der Waals surface area contributed by atoms with Crippen molar-refractivity contribution in [3.63, 3.8) is 0 Å². The number of para-hydroxylation sites is 2. The van der Waals surface area contributed by atoms with Crippen molar-refractivity contribution in [3.05, 3.63) is 78.6 Å². The Morgan fingerprint density at radius 2 is 1.81 bits per heavy atom. The summed E-state index contributed by atoms with van der Waals surface area (Å²) in [7, 11) is -4.01. The van der Waals surface area contributed by atoms with Crippen LogP contribution >= 0.6 is 0 Å². The van der Waals surface area contributed by atoms with Crippen LogP contribution in [-0.2, 0) is 10.0 Å². The molecule has 1 heterocycles. The third-order valence-electron chi connectivity index (χ3n) is 4.35. The maximum atomic E-state index is 13.5. The molecule has 0 fully saturated rings. The van der Waals surface area contributed by atoms with E-state index in [-0.39, 0.29) is 22.2 Å². The summed E-state index contributed by atoms with van der Waals surface area (Å²) in [5.74, 6) is 0.121. The first kappa shape index (κ1) is 20.5. The monoisotopic (exact) mass is 439 g/mol. The Kier molecular flexibility index (Phi) is 5.68. The molecular formula is C22H18FN3O4S. The molecule has 0 saturated heterocycles. The van der Waals surface area contributed by atoms with E-state index in [1.807, 2.05) is 6.92 Å². The summed E-state index contributed by atoms with van der Waals surface area (Å²) in [6, 6.07) is 18.7. The second-order valence-electron chi connectivity index (χ2n) is 6.46. The van der Waals surface area contributed by atoms with Crippen LogP contribution in [0.25, 0.3) is 22.8 Å². The molecule has 0 bridgehead atoms. The molecule has 0 aliphatic rings. The smallest absolute Gasteiger partial charge is 0.262 e. The molecule has 31 heavy (non-hydrogen) atoms. The molecule has 4 aromatic rings. The van der Waals surface area contributed by atoms with E-state index in [9.17, 15) is 12.8 Å². The Morgan fingerprint density at radius 1 is 1.03 bits per heavy atom. The molecule has 3 aromatic carbocycles. The zero-order chi connectivity index (χ0) is 21.8. The van der Waals surface area contributed by atoms with Gasteiger partial charge in [-0.05, 0) is 43.3 Å². The van der Waals surface area contributed by atoms with Crippen molar-refractivity contribution in [1.29, 1.82) is 0 Å². The van der Waals surface area contributed by atoms with Crippen molar-refractivity contribution in [3.8, 4) is 28.6 Å². The van der Waals surface area contributed by atoms with Crippen molar-refractivity contribution < 1.29 is 22.1 Å². The molecule has 0 aliphatic heterocycles. The molecule has 1 N–H and O–H groups in total. The Balaban J connectivity index is 1.71. The fourth-order valence-electron chi connectivity index (χ4n) is 2.99. The number of ether oxygens (including phenoxy) is 1. The highest BCUT2D eigenvalue weighted by Crippen LogP contribution is 2.31. The maximum absolute atomic E-state index is 13.5. The number of sulfonamides is 1. The zero-order valence-corrected chi connectivity index (χ0v) is 17.3. The van der Waals surface area contributed by atoms with Gasteiger partial charge in [0.25, 0.3) is 15.9 Å². The Bertz CT molecular complexity index is 1320. The van der Waals surface area contributed by atoms with Gasteiger partial charge in [-0.25, -0.2) is 12.8 Å². The van der Waals surface area contributed by atoms with E-state index in [4.69, 9.17) is 9.26 Å². The molecule has 7 nitrogen and oxygen atoms in total. The normalized spacial score (nSPS) is 11.3. The number of benzene rings is 3. The van der Waals surface area contributed by atoms with Gasteiger partial charge in [0.05, 0.1) is 17.9 Å². The number of aromatic nitrogens is 2. The summed E-state index contributed by atoms with van der Waals surface area (Å²) in [6.45, 7) is 2.20. The van der Waals surface area contributed by atoms with E-state index >= 15 is 0 Å². The van der Waals surface area contributed by atoms with E-state index < -0.39 is 15.8 Å². The predicted octanol–water partition coefficient (Wildman–Crippen LogP) is 4.74. The third-order valence-corrected chi connectivity index (χ3v) is 5.77. The van der Waals surface area contributed by atoms with Crippen molar-refractivity contribution in [1.82, 2.24) is 10.1 Å². The molecule has 0 atom stereocenters. The number of nitrogens with zero attached hydrogens (tertiary/aromatic N) is 2. The van der Waals surface area contributed by atoms with Gasteiger partial charge in [0, 0.05) is 5.56 Å². The van der Waals surface area contributed by atoms with Gasteiger partial charge in [0.2, 0.25) is 5.82 Å². The number of hydrogen-bond acceptors (Lipinski definition) is 6. The molecule has 0 radical (unpaired) electrons. The van der Waals surface area contributed by atoms with Crippen LogP contribution in [0.1, 0.15) is 6.92 Å². The second-order valence-corrected chi connectivity index (χ2v) is 8.12. The first-order valence-corrected chi connectivity index (χ1v) is 10.9. The number of anilines is 1. The largest absolute Gasteiger partial charge is 0.492 e. The molecule has 0 aliphatic carbocycles. The highest BCUT2D eigenvalue weighted by atomic mass is 32.2. The molecule has 0 spiro atoms. The molecule has 9 heteroatoms. The Morgan fingerprint density at radius 3 is 2.61 bits per heavy atom. The molecule has 1 aromatic heterocycles. The highest BCUT2D eigenvalue weighted by Gasteiger charge is 2.24. The van der Waals surface area contributed by atoms with Crippen LogP contribution in [0.15, 0.2) is 82.2 Å². The second kappa shape index (κ2) is 8.57. The number of hydrogen-bond donors (Lipinski definition) is 1. The molecule has 4 rings (SSSR count). The van der Waals surface area contributed by atoms with Crippen LogP contribution in [0.3, 0.4) is 0 Å². The lowest BCUT2D eigenvalue weighted by molar-refractivity contribution is 0.342. The van der Waals surface area contributed by atoms with Crippen molar-refractivity contribution in [2.24, 2.45) is 0 Å². The van der Waals surface area contributed by atoms with Gasteiger partial charge < -0.3 is 9.26 Å². The summed E-state index contributed by atoms with van der Waals surface area (Å²) in [5, 5.41) is 3.86. The first-order valence-electron chi connectivity index (χ1n) is 9.41. The average molecular weight is 439 g/mol. The van der Waals surface area contributed by atoms with E-state index in [0.29, 0.717) is 23.6 Å². The SMILES string of the molecule is CCOc1ccccc1NS(=O)(=O)c1ccccc1-c1nc(-c2cccc(F)c2)no1. The fraction of sp³-hybridized carbons (Fsp3) is 0.0909. The van der Waals surface area contributed by atoms with Crippen molar-refractivity contribution >= 4 is 15.7 Å². The molecule has 0 saturated carbocycles. The Hall–Kier alpha value is -3.72. The number of halogens is 1. The minimum absolute atomic E-state index is 0.00155. The van der Waals surface area contributed by atoms with Gasteiger partial charge in [0.15, 0.2) is 0 Å². The summed E-state index contributed by atoms with van der Waals surface area (Å²) < 4.78 is 53.2. The van der Waals surface area contributed by atoms with Crippen LogP contribution < -0.4 is 9.46 Å². The minimum Gasteiger partial charge on any atom is -0.492 e. The fourth-order valence-corrected chi connectivity index (χ4v) is 4.26. The number of nitrogens with one attached hydrogen (secondary N) is 1. The minimum atomic E-state index is -4.01. The highest BCUT2D eigenvalue weighted by molar-refractivity contribution is 7.92. The molecule has 0 unspecified atom stereocenters. The molecule has 158 valence electrons. The predicted molar refractivity (Wildman–Crippen MR) is 114 cm³/mol. The van der Waals surface area contributed by atoms with Crippen LogP contribution in [-0.4, -0.2) is 25.2 Å². The van der Waals surface area contributed by atoms with Gasteiger partial charge in [-0.3, -0.25) is 4.72 Å². The third kappa shape index (κ3) is 4.41. The van der Waals surface area contributed by atoms with Gasteiger partial charge in [-0.15, -0.1) is 0 Å². The van der Waals surface area contributed by atoms with Gasteiger partial charge in [0.1, 0.15) is 16.5 Å². The first-order chi connectivity index (χ1) is 15.0. The van der Waals surface area contributed by atoms with Crippen LogP contribution in [0, 0.1) is 5.82 Å².